The molecule has 0 nitrogen and oxygen atoms in total. The second kappa shape index (κ2) is 3.77. The van der Waals surface area contributed by atoms with Crippen LogP contribution in [0.25, 0.3) is 0 Å². The highest BCUT2D eigenvalue weighted by Crippen LogP contribution is 2.67. The van der Waals surface area contributed by atoms with Crippen molar-refractivity contribution in [1.82, 2.24) is 0 Å². The van der Waals surface area contributed by atoms with Crippen LogP contribution in [-0.4, -0.2) is 0 Å². The minimum Gasteiger partial charge on any atom is -0.0633 e. The third kappa shape index (κ3) is 1.41. The predicted octanol–water partition coefficient (Wildman–Crippen LogP) is 5.51. The van der Waals surface area contributed by atoms with Crippen molar-refractivity contribution in [2.45, 2.75) is 65.7 Å². The van der Waals surface area contributed by atoms with Crippen LogP contribution in [0.3, 0.4) is 0 Å². The lowest BCUT2D eigenvalue weighted by Crippen LogP contribution is -2.43. The summed E-state index contributed by atoms with van der Waals surface area (Å²) in [5.41, 5.74) is 4.54. The topological polar surface area (TPSA) is 0 Å². The first-order valence-corrected chi connectivity index (χ1v) is 8.45. The molecule has 0 aliphatic heterocycles. The Morgan fingerprint density at radius 2 is 1.89 bits per heavy atom. The standard InChI is InChI=1S/C19H28/c1-13-7-10-16-15-9-8-14-6-4-5-11-18(14,2)17(15)12-19(13,16)3/h7,10,14-15,17H,4-6,8-9,11-12H2,1-3H3. The van der Waals surface area contributed by atoms with Gasteiger partial charge in [-0.2, -0.15) is 0 Å². The Morgan fingerprint density at radius 3 is 2.74 bits per heavy atom. The summed E-state index contributed by atoms with van der Waals surface area (Å²) in [7, 11) is 0. The van der Waals surface area contributed by atoms with Crippen LogP contribution in [0.15, 0.2) is 23.3 Å². The maximum absolute atomic E-state index is 2.65. The average molecular weight is 256 g/mol. The summed E-state index contributed by atoms with van der Waals surface area (Å²) in [6.07, 6.45) is 15.3. The van der Waals surface area contributed by atoms with Gasteiger partial charge in [0.1, 0.15) is 0 Å². The van der Waals surface area contributed by atoms with Gasteiger partial charge in [-0.15, -0.1) is 0 Å². The van der Waals surface area contributed by atoms with Gasteiger partial charge in [0.25, 0.3) is 0 Å². The first-order chi connectivity index (χ1) is 9.06. The fraction of sp³-hybridized carbons (Fsp3) is 0.789. The fourth-order valence-corrected chi connectivity index (χ4v) is 6.24. The van der Waals surface area contributed by atoms with E-state index in [0.29, 0.717) is 10.8 Å². The summed E-state index contributed by atoms with van der Waals surface area (Å²) in [4.78, 5) is 0. The van der Waals surface area contributed by atoms with E-state index in [1.165, 1.54) is 44.9 Å². The van der Waals surface area contributed by atoms with Crippen LogP contribution in [0.1, 0.15) is 65.7 Å². The van der Waals surface area contributed by atoms with Crippen molar-refractivity contribution in [3.63, 3.8) is 0 Å². The lowest BCUT2D eigenvalue weighted by Gasteiger charge is -2.52. The zero-order valence-corrected chi connectivity index (χ0v) is 12.8. The Morgan fingerprint density at radius 1 is 1.05 bits per heavy atom. The summed E-state index contributed by atoms with van der Waals surface area (Å²) in [5.74, 6) is 2.93. The van der Waals surface area contributed by atoms with Gasteiger partial charge < -0.3 is 0 Å². The molecule has 4 aliphatic rings. The van der Waals surface area contributed by atoms with Gasteiger partial charge in [-0.1, -0.05) is 50.0 Å². The zero-order valence-electron chi connectivity index (χ0n) is 12.8. The second-order valence-corrected chi connectivity index (χ2v) is 8.25. The van der Waals surface area contributed by atoms with Crippen LogP contribution in [0.5, 0.6) is 0 Å². The zero-order chi connectivity index (χ0) is 13.3. The maximum atomic E-state index is 2.65. The van der Waals surface area contributed by atoms with E-state index in [9.17, 15) is 0 Å². The number of hydrogen-bond acceptors (Lipinski definition) is 0. The number of allylic oxidation sites excluding steroid dienone is 4. The molecule has 104 valence electrons. The minimum absolute atomic E-state index is 0.435. The van der Waals surface area contributed by atoms with E-state index in [0.717, 1.165) is 17.8 Å². The molecule has 4 rings (SSSR count). The molecule has 3 fully saturated rings. The number of fused-ring (bicyclic) bond motifs is 5. The Hall–Kier alpha value is -0.520. The predicted molar refractivity (Wildman–Crippen MR) is 80.8 cm³/mol. The van der Waals surface area contributed by atoms with Gasteiger partial charge in [-0.3, -0.25) is 0 Å². The summed E-state index contributed by atoms with van der Waals surface area (Å²) in [6.45, 7) is 7.54. The molecule has 0 spiro atoms. The maximum Gasteiger partial charge on any atom is 0.0102 e. The van der Waals surface area contributed by atoms with Crippen LogP contribution >= 0.6 is 0 Å². The molecular weight excluding hydrogens is 228 g/mol. The molecule has 0 bridgehead atoms. The normalized spacial score (nSPS) is 52.1. The highest BCUT2D eigenvalue weighted by molar-refractivity contribution is 5.44. The number of rotatable bonds is 0. The van der Waals surface area contributed by atoms with E-state index >= 15 is 0 Å². The molecule has 0 aromatic carbocycles. The summed E-state index contributed by atoms with van der Waals surface area (Å²) >= 11 is 0. The first-order valence-electron chi connectivity index (χ1n) is 8.45. The van der Waals surface area contributed by atoms with Gasteiger partial charge in [0.15, 0.2) is 0 Å². The van der Waals surface area contributed by atoms with Crippen LogP contribution in [0.2, 0.25) is 0 Å². The molecule has 0 aromatic heterocycles. The summed E-state index contributed by atoms with van der Waals surface area (Å²) < 4.78 is 0. The van der Waals surface area contributed by atoms with Gasteiger partial charge in [0, 0.05) is 5.41 Å². The molecule has 4 aliphatic carbocycles. The SMILES string of the molecule is CC1=CC=C2C3CCC4CCCCC4(C)C3CC12C. The van der Waals surface area contributed by atoms with Crippen molar-refractivity contribution in [3.8, 4) is 0 Å². The Labute approximate surface area is 118 Å². The van der Waals surface area contributed by atoms with E-state index < -0.39 is 0 Å². The molecule has 0 amide bonds. The third-order valence-electron chi connectivity index (χ3n) is 7.66. The molecule has 3 saturated carbocycles. The van der Waals surface area contributed by atoms with E-state index in [4.69, 9.17) is 0 Å². The van der Waals surface area contributed by atoms with Gasteiger partial charge in [0.05, 0.1) is 0 Å². The quantitative estimate of drug-likeness (QED) is 0.536. The van der Waals surface area contributed by atoms with Crippen molar-refractivity contribution < 1.29 is 0 Å². The van der Waals surface area contributed by atoms with E-state index in [-0.39, 0.29) is 0 Å². The highest BCUT2D eigenvalue weighted by Gasteiger charge is 2.58. The lowest BCUT2D eigenvalue weighted by molar-refractivity contribution is -0.0175. The highest BCUT2D eigenvalue weighted by atomic mass is 14.6. The van der Waals surface area contributed by atoms with Crippen LogP contribution < -0.4 is 0 Å². The molecule has 0 radical (unpaired) electrons. The Bertz CT molecular complexity index is 468. The van der Waals surface area contributed by atoms with E-state index in [1.54, 1.807) is 11.1 Å². The van der Waals surface area contributed by atoms with Gasteiger partial charge in [-0.05, 0) is 62.2 Å². The molecular formula is C19H28. The Balaban J connectivity index is 1.73. The Kier molecular flexibility index (Phi) is 2.43. The van der Waals surface area contributed by atoms with E-state index in [1.807, 2.05) is 0 Å². The molecule has 0 saturated heterocycles. The molecule has 0 heterocycles. The van der Waals surface area contributed by atoms with Crippen molar-refractivity contribution in [1.29, 1.82) is 0 Å². The van der Waals surface area contributed by atoms with Gasteiger partial charge in [0.2, 0.25) is 0 Å². The lowest BCUT2D eigenvalue weighted by atomic mass is 9.53. The number of hydrogen-bond donors (Lipinski definition) is 0. The molecule has 19 heavy (non-hydrogen) atoms. The van der Waals surface area contributed by atoms with E-state index in [2.05, 4.69) is 32.9 Å². The molecule has 0 N–H and O–H groups in total. The molecule has 5 unspecified atom stereocenters. The van der Waals surface area contributed by atoms with Gasteiger partial charge >= 0.3 is 0 Å². The van der Waals surface area contributed by atoms with Crippen molar-refractivity contribution in [2.75, 3.05) is 0 Å². The summed E-state index contributed by atoms with van der Waals surface area (Å²) in [5, 5.41) is 0. The largest absolute Gasteiger partial charge is 0.0633 e. The van der Waals surface area contributed by atoms with Crippen LogP contribution in [-0.2, 0) is 0 Å². The van der Waals surface area contributed by atoms with Crippen molar-refractivity contribution in [2.24, 2.45) is 28.6 Å². The smallest absolute Gasteiger partial charge is 0.0102 e. The molecule has 0 aromatic rings. The van der Waals surface area contributed by atoms with Crippen molar-refractivity contribution >= 4 is 0 Å². The monoisotopic (exact) mass is 256 g/mol. The van der Waals surface area contributed by atoms with Crippen LogP contribution in [0, 0.1) is 28.6 Å². The van der Waals surface area contributed by atoms with Crippen LogP contribution in [0.4, 0.5) is 0 Å². The minimum atomic E-state index is 0.435. The summed E-state index contributed by atoms with van der Waals surface area (Å²) in [6, 6.07) is 0. The second-order valence-electron chi connectivity index (χ2n) is 8.25. The fourth-order valence-electron chi connectivity index (χ4n) is 6.24. The first kappa shape index (κ1) is 12.2. The van der Waals surface area contributed by atoms with Crippen molar-refractivity contribution in [3.05, 3.63) is 23.3 Å². The average Bonchev–Trinajstić information content (AvgIpc) is 2.84. The molecule has 0 heteroatoms. The third-order valence-corrected chi connectivity index (χ3v) is 7.66. The van der Waals surface area contributed by atoms with Gasteiger partial charge in [-0.25, -0.2) is 0 Å². The molecule has 5 atom stereocenters.